The predicted octanol–water partition coefficient (Wildman–Crippen LogP) is 4.05. The molecule has 0 aromatic heterocycles. The molecule has 0 spiro atoms. The molecule has 1 aromatic carbocycles. The molecule has 0 saturated heterocycles. The summed E-state index contributed by atoms with van der Waals surface area (Å²) in [5, 5.41) is 13.5. The van der Waals surface area contributed by atoms with E-state index in [0.717, 1.165) is 5.56 Å². The summed E-state index contributed by atoms with van der Waals surface area (Å²) >= 11 is 12.1. The van der Waals surface area contributed by atoms with Gasteiger partial charge in [-0.1, -0.05) is 29.3 Å². The summed E-state index contributed by atoms with van der Waals surface area (Å²) in [6.07, 6.45) is 2.91. The molecule has 7 heteroatoms. The quantitative estimate of drug-likeness (QED) is 0.429. The predicted molar refractivity (Wildman–Crippen MR) is 90.0 cm³/mol. The second-order valence-electron chi connectivity index (χ2n) is 4.48. The summed E-state index contributed by atoms with van der Waals surface area (Å²) in [7, 11) is 0. The summed E-state index contributed by atoms with van der Waals surface area (Å²) < 4.78 is 5.32. The molecule has 3 N–H and O–H groups in total. The minimum absolute atomic E-state index is 0.200. The van der Waals surface area contributed by atoms with Crippen LogP contribution in [-0.4, -0.2) is 18.5 Å². The maximum Gasteiger partial charge on any atom is 0.319 e. The van der Waals surface area contributed by atoms with Gasteiger partial charge in [0.25, 0.3) is 0 Å². The molecule has 0 bridgehead atoms. The smallest absolute Gasteiger partial charge is 0.319 e. The second kappa shape index (κ2) is 8.46. The van der Waals surface area contributed by atoms with Gasteiger partial charge >= 0.3 is 6.03 Å². The molecule has 0 fully saturated rings. The lowest BCUT2D eigenvalue weighted by molar-refractivity contribution is 0.244. The number of carbonyl (C=O) groups excluding carboxylic acids is 1. The van der Waals surface area contributed by atoms with Gasteiger partial charge in [-0.15, -0.1) is 6.58 Å². The number of aryl methyl sites for hydroxylation is 1. The summed E-state index contributed by atoms with van der Waals surface area (Å²) in [4.78, 5) is 11.4. The van der Waals surface area contributed by atoms with E-state index in [1.165, 1.54) is 6.08 Å². The molecule has 0 aliphatic heterocycles. The lowest BCUT2D eigenvalue weighted by Gasteiger charge is -2.10. The number of hydrogen-bond donors (Lipinski definition) is 3. The average Bonchev–Trinajstić information content (AvgIpc) is 2.40. The summed E-state index contributed by atoms with van der Waals surface area (Å²) in [6.45, 7) is 7.32. The third-order valence-corrected chi connectivity index (χ3v) is 2.98. The Kier molecular flexibility index (Phi) is 6.95. The molecule has 1 rings (SSSR count). The molecule has 0 unspecified atom stereocenters. The van der Waals surface area contributed by atoms with E-state index in [2.05, 4.69) is 17.2 Å². The number of amides is 2. The fraction of sp³-hybridized carbons (Fsp3) is 0.200. The molecule has 0 atom stereocenters. The lowest BCUT2D eigenvalue weighted by atomic mass is 10.2. The molecular weight excluding hydrogens is 325 g/mol. The number of carbonyl (C=O) groups is 1. The van der Waals surface area contributed by atoms with Crippen molar-refractivity contribution in [3.8, 4) is 5.75 Å². The SMILES string of the molecule is C=CCNC(=O)N/C(C)=C\C(=N)Oc1c(Cl)cc(C)cc1Cl. The third-order valence-electron chi connectivity index (χ3n) is 2.42. The number of nitrogens with one attached hydrogen (secondary N) is 3. The van der Waals surface area contributed by atoms with E-state index >= 15 is 0 Å². The summed E-state index contributed by atoms with van der Waals surface area (Å²) in [5.74, 6) is 0.00765. The van der Waals surface area contributed by atoms with Crippen molar-refractivity contribution in [3.05, 3.63) is 52.2 Å². The first-order valence-electron chi connectivity index (χ1n) is 6.39. The number of hydrogen-bond acceptors (Lipinski definition) is 3. The van der Waals surface area contributed by atoms with Gasteiger partial charge in [-0.25, -0.2) is 4.79 Å². The minimum Gasteiger partial charge on any atom is -0.436 e. The van der Waals surface area contributed by atoms with Crippen LogP contribution in [0.2, 0.25) is 10.0 Å². The highest BCUT2D eigenvalue weighted by Crippen LogP contribution is 2.34. The van der Waals surface area contributed by atoms with Crippen LogP contribution in [0, 0.1) is 12.3 Å². The van der Waals surface area contributed by atoms with Crippen LogP contribution in [0.3, 0.4) is 0 Å². The van der Waals surface area contributed by atoms with E-state index in [1.807, 2.05) is 6.92 Å². The van der Waals surface area contributed by atoms with Crippen LogP contribution in [0.15, 0.2) is 36.6 Å². The molecule has 1 aromatic rings. The fourth-order valence-corrected chi connectivity index (χ4v) is 2.22. The molecule has 5 nitrogen and oxygen atoms in total. The Labute approximate surface area is 139 Å². The number of ether oxygens (including phenoxy) is 1. The van der Waals surface area contributed by atoms with Crippen molar-refractivity contribution in [2.45, 2.75) is 13.8 Å². The summed E-state index contributed by atoms with van der Waals surface area (Å²) in [6, 6.07) is 2.98. The minimum atomic E-state index is -0.396. The van der Waals surface area contributed by atoms with Crippen molar-refractivity contribution in [1.82, 2.24) is 10.6 Å². The maximum atomic E-state index is 11.4. The van der Waals surface area contributed by atoms with Gasteiger partial charge < -0.3 is 15.4 Å². The van der Waals surface area contributed by atoms with Crippen molar-refractivity contribution in [1.29, 1.82) is 5.41 Å². The van der Waals surface area contributed by atoms with Crippen LogP contribution in [-0.2, 0) is 0 Å². The Morgan fingerprint density at radius 3 is 2.55 bits per heavy atom. The highest BCUT2D eigenvalue weighted by Gasteiger charge is 2.10. The fourth-order valence-electron chi connectivity index (χ4n) is 1.54. The number of rotatable bonds is 5. The van der Waals surface area contributed by atoms with E-state index in [4.69, 9.17) is 33.3 Å². The number of benzene rings is 1. The maximum absolute atomic E-state index is 11.4. The van der Waals surface area contributed by atoms with E-state index in [0.29, 0.717) is 22.3 Å². The van der Waals surface area contributed by atoms with Crippen LogP contribution < -0.4 is 15.4 Å². The van der Waals surface area contributed by atoms with Crippen molar-refractivity contribution in [3.63, 3.8) is 0 Å². The molecular formula is C15H17Cl2N3O2. The first-order chi connectivity index (χ1) is 10.3. The molecule has 0 heterocycles. The normalized spacial score (nSPS) is 10.8. The number of urea groups is 1. The van der Waals surface area contributed by atoms with Gasteiger partial charge in [-0.3, -0.25) is 5.41 Å². The topological polar surface area (TPSA) is 74.2 Å². The average molecular weight is 342 g/mol. The van der Waals surface area contributed by atoms with Gasteiger partial charge in [0.05, 0.1) is 10.0 Å². The van der Waals surface area contributed by atoms with Gasteiger partial charge in [-0.05, 0) is 31.5 Å². The zero-order valence-corrected chi connectivity index (χ0v) is 13.8. The second-order valence-corrected chi connectivity index (χ2v) is 5.29. The van der Waals surface area contributed by atoms with Crippen LogP contribution in [0.5, 0.6) is 5.75 Å². The van der Waals surface area contributed by atoms with Crippen molar-refractivity contribution < 1.29 is 9.53 Å². The van der Waals surface area contributed by atoms with E-state index in [-0.39, 0.29) is 11.6 Å². The molecule has 2 amide bonds. The van der Waals surface area contributed by atoms with Crippen molar-refractivity contribution >= 4 is 35.1 Å². The molecule has 118 valence electrons. The van der Waals surface area contributed by atoms with Gasteiger partial charge in [0.1, 0.15) is 0 Å². The third kappa shape index (κ3) is 5.79. The van der Waals surface area contributed by atoms with Crippen LogP contribution >= 0.6 is 23.2 Å². The summed E-state index contributed by atoms with van der Waals surface area (Å²) in [5.41, 5.74) is 1.33. The zero-order valence-electron chi connectivity index (χ0n) is 12.3. The lowest BCUT2D eigenvalue weighted by Crippen LogP contribution is -2.34. The Morgan fingerprint density at radius 1 is 1.41 bits per heavy atom. The van der Waals surface area contributed by atoms with Crippen molar-refractivity contribution in [2.24, 2.45) is 0 Å². The first kappa shape index (κ1) is 18.1. The van der Waals surface area contributed by atoms with E-state index in [1.54, 1.807) is 25.1 Å². The van der Waals surface area contributed by atoms with Gasteiger partial charge in [0.2, 0.25) is 5.90 Å². The highest BCUT2D eigenvalue weighted by molar-refractivity contribution is 6.37. The standard InChI is InChI=1S/C15H17Cl2N3O2/c1-4-5-19-15(21)20-10(3)8-13(18)22-14-11(16)6-9(2)7-12(14)17/h4,6-8,18H,1,5H2,2-3H3,(H2,19,20,21)/b10-8-,18-13?. The van der Waals surface area contributed by atoms with Crippen LogP contribution in [0.4, 0.5) is 4.79 Å². The van der Waals surface area contributed by atoms with Gasteiger partial charge in [0, 0.05) is 18.3 Å². The Morgan fingerprint density at radius 2 is 2.00 bits per heavy atom. The number of allylic oxidation sites excluding steroid dienone is 1. The zero-order chi connectivity index (χ0) is 16.7. The molecule has 22 heavy (non-hydrogen) atoms. The molecule has 0 radical (unpaired) electrons. The van der Waals surface area contributed by atoms with E-state index in [9.17, 15) is 4.79 Å². The Hall–Kier alpha value is -1.98. The molecule has 0 aliphatic rings. The number of halogens is 2. The van der Waals surface area contributed by atoms with Gasteiger partial charge in [0.15, 0.2) is 5.75 Å². The molecule has 0 aliphatic carbocycles. The Balaban J connectivity index is 2.71. The highest BCUT2D eigenvalue weighted by atomic mass is 35.5. The Bertz CT molecular complexity index is 604. The van der Waals surface area contributed by atoms with E-state index < -0.39 is 6.03 Å². The van der Waals surface area contributed by atoms with Gasteiger partial charge in [-0.2, -0.15) is 0 Å². The van der Waals surface area contributed by atoms with Crippen LogP contribution in [0.1, 0.15) is 12.5 Å². The largest absolute Gasteiger partial charge is 0.436 e. The van der Waals surface area contributed by atoms with Crippen LogP contribution in [0.25, 0.3) is 0 Å². The monoisotopic (exact) mass is 341 g/mol. The first-order valence-corrected chi connectivity index (χ1v) is 7.15. The molecule has 0 saturated carbocycles. The van der Waals surface area contributed by atoms with Crippen molar-refractivity contribution in [2.75, 3.05) is 6.54 Å².